The lowest BCUT2D eigenvalue weighted by Crippen LogP contribution is -2.37. The van der Waals surface area contributed by atoms with Gasteiger partial charge in [-0.05, 0) is 42.3 Å². The molecule has 1 amide bonds. The number of hydrogen-bond acceptors (Lipinski definition) is 3. The lowest BCUT2D eigenvalue weighted by atomic mass is 10.0. The molecule has 0 unspecified atom stereocenters. The lowest BCUT2D eigenvalue weighted by molar-refractivity contribution is -0.121. The molecule has 2 aromatic carbocycles. The molecule has 134 valence electrons. The molecule has 0 fully saturated rings. The number of carbonyl (C=O) groups is 1. The first-order valence-electron chi connectivity index (χ1n) is 8.50. The zero-order valence-corrected chi connectivity index (χ0v) is 15.2. The van der Waals surface area contributed by atoms with Crippen molar-refractivity contribution >= 4 is 17.5 Å². The van der Waals surface area contributed by atoms with Gasteiger partial charge in [0.2, 0.25) is 5.91 Å². The molecule has 0 spiro atoms. The van der Waals surface area contributed by atoms with E-state index in [1.165, 1.54) is 0 Å². The summed E-state index contributed by atoms with van der Waals surface area (Å²) in [5.41, 5.74) is 2.05. The molecule has 0 aliphatic carbocycles. The maximum atomic E-state index is 12.4. The second-order valence-electron chi connectivity index (χ2n) is 6.08. The fraction of sp³-hybridized carbons (Fsp3) is 0.190. The first kappa shape index (κ1) is 18.2. The van der Waals surface area contributed by atoms with Gasteiger partial charge in [0.05, 0.1) is 24.9 Å². The number of halogens is 1. The van der Waals surface area contributed by atoms with E-state index in [1.807, 2.05) is 73.7 Å². The molecule has 2 atom stereocenters. The molecular formula is C21H21ClN2O2. The van der Waals surface area contributed by atoms with Gasteiger partial charge in [0, 0.05) is 5.02 Å². The van der Waals surface area contributed by atoms with E-state index in [9.17, 15) is 4.79 Å². The zero-order valence-electron chi connectivity index (χ0n) is 14.5. The van der Waals surface area contributed by atoms with Crippen molar-refractivity contribution < 1.29 is 9.21 Å². The lowest BCUT2D eigenvalue weighted by Gasteiger charge is -2.19. The van der Waals surface area contributed by atoms with Crippen LogP contribution >= 0.6 is 11.6 Å². The van der Waals surface area contributed by atoms with Crippen LogP contribution in [0.3, 0.4) is 0 Å². The van der Waals surface area contributed by atoms with Crippen molar-refractivity contribution in [1.82, 2.24) is 10.6 Å². The van der Waals surface area contributed by atoms with Gasteiger partial charge >= 0.3 is 0 Å². The first-order valence-corrected chi connectivity index (χ1v) is 8.88. The average Bonchev–Trinajstić information content (AvgIpc) is 3.17. The minimum Gasteiger partial charge on any atom is -0.467 e. The van der Waals surface area contributed by atoms with Crippen LogP contribution in [-0.2, 0) is 4.79 Å². The predicted molar refractivity (Wildman–Crippen MR) is 103 cm³/mol. The highest BCUT2D eigenvalue weighted by Crippen LogP contribution is 2.22. The highest BCUT2D eigenvalue weighted by Gasteiger charge is 2.18. The summed E-state index contributed by atoms with van der Waals surface area (Å²) >= 11 is 5.91. The zero-order chi connectivity index (χ0) is 18.4. The molecule has 0 aliphatic heterocycles. The number of benzene rings is 2. The van der Waals surface area contributed by atoms with E-state index in [0.29, 0.717) is 5.02 Å². The molecule has 0 saturated carbocycles. The van der Waals surface area contributed by atoms with E-state index in [1.54, 1.807) is 6.26 Å². The van der Waals surface area contributed by atoms with Crippen molar-refractivity contribution in [2.45, 2.75) is 19.0 Å². The van der Waals surface area contributed by atoms with Crippen molar-refractivity contribution in [1.29, 1.82) is 0 Å². The van der Waals surface area contributed by atoms with Gasteiger partial charge in [-0.3, -0.25) is 10.1 Å². The molecule has 3 rings (SSSR count). The van der Waals surface area contributed by atoms with Crippen LogP contribution in [-0.4, -0.2) is 12.5 Å². The molecule has 26 heavy (non-hydrogen) atoms. The van der Waals surface area contributed by atoms with Gasteiger partial charge in [-0.1, -0.05) is 54.1 Å². The fourth-order valence-electron chi connectivity index (χ4n) is 2.81. The van der Waals surface area contributed by atoms with E-state index in [2.05, 4.69) is 10.6 Å². The Morgan fingerprint density at radius 1 is 1.00 bits per heavy atom. The molecule has 4 nitrogen and oxygen atoms in total. The van der Waals surface area contributed by atoms with E-state index in [-0.39, 0.29) is 24.5 Å². The van der Waals surface area contributed by atoms with Crippen LogP contribution in [0.2, 0.25) is 5.02 Å². The summed E-state index contributed by atoms with van der Waals surface area (Å²) in [4.78, 5) is 12.4. The quantitative estimate of drug-likeness (QED) is 0.646. The van der Waals surface area contributed by atoms with Crippen LogP contribution in [0.5, 0.6) is 0 Å². The Hall–Kier alpha value is -2.56. The number of rotatable bonds is 7. The van der Waals surface area contributed by atoms with E-state index in [0.717, 1.165) is 16.9 Å². The van der Waals surface area contributed by atoms with Gasteiger partial charge in [-0.2, -0.15) is 0 Å². The van der Waals surface area contributed by atoms with Gasteiger partial charge in [-0.25, -0.2) is 0 Å². The molecule has 3 aromatic rings. The first-order chi connectivity index (χ1) is 12.6. The van der Waals surface area contributed by atoms with Crippen molar-refractivity contribution in [3.63, 3.8) is 0 Å². The summed E-state index contributed by atoms with van der Waals surface area (Å²) in [6, 6.07) is 20.8. The fourth-order valence-corrected chi connectivity index (χ4v) is 2.93. The summed E-state index contributed by atoms with van der Waals surface area (Å²) in [5, 5.41) is 6.95. The second-order valence-corrected chi connectivity index (χ2v) is 6.52. The second kappa shape index (κ2) is 8.70. The van der Waals surface area contributed by atoms with E-state index >= 15 is 0 Å². The summed E-state index contributed by atoms with van der Waals surface area (Å²) in [7, 11) is 0. The Balaban J connectivity index is 1.62. The molecular weight excluding hydrogens is 348 g/mol. The Morgan fingerprint density at radius 3 is 2.38 bits per heavy atom. The standard InChI is InChI=1S/C21H21ClN2O2/c1-15(16-9-11-18(22)12-10-16)24-20(25)14-23-21(19-8-5-13-26-19)17-6-3-2-4-7-17/h2-13,15,21,23H,14H2,1H3,(H,24,25)/t15-,21-/m0/s1. The molecule has 1 heterocycles. The number of nitrogens with one attached hydrogen (secondary N) is 2. The molecule has 5 heteroatoms. The summed E-state index contributed by atoms with van der Waals surface area (Å²) < 4.78 is 5.54. The normalized spacial score (nSPS) is 13.2. The van der Waals surface area contributed by atoms with Crippen LogP contribution in [0.15, 0.2) is 77.4 Å². The van der Waals surface area contributed by atoms with Crippen LogP contribution in [0.4, 0.5) is 0 Å². The van der Waals surface area contributed by atoms with Gasteiger partial charge in [0.1, 0.15) is 5.76 Å². The Morgan fingerprint density at radius 2 is 1.73 bits per heavy atom. The molecule has 0 saturated heterocycles. The Kier molecular flexibility index (Phi) is 6.10. The topological polar surface area (TPSA) is 54.3 Å². The molecule has 0 aliphatic rings. The number of hydrogen-bond donors (Lipinski definition) is 2. The molecule has 0 radical (unpaired) electrons. The smallest absolute Gasteiger partial charge is 0.234 e. The third-order valence-electron chi connectivity index (χ3n) is 4.17. The van der Waals surface area contributed by atoms with E-state index in [4.69, 9.17) is 16.0 Å². The predicted octanol–water partition coefficient (Wildman–Crippen LogP) is 4.49. The van der Waals surface area contributed by atoms with Gasteiger partial charge in [0.25, 0.3) is 0 Å². The SMILES string of the molecule is C[C@H](NC(=O)CN[C@@H](c1ccccc1)c1ccco1)c1ccc(Cl)cc1. The van der Waals surface area contributed by atoms with E-state index < -0.39 is 0 Å². The summed E-state index contributed by atoms with van der Waals surface area (Å²) in [6.07, 6.45) is 1.63. The summed E-state index contributed by atoms with van der Waals surface area (Å²) in [5.74, 6) is 0.690. The molecule has 1 aromatic heterocycles. The third-order valence-corrected chi connectivity index (χ3v) is 4.43. The van der Waals surface area contributed by atoms with Crippen molar-refractivity contribution in [2.75, 3.05) is 6.54 Å². The van der Waals surface area contributed by atoms with Crippen molar-refractivity contribution in [3.8, 4) is 0 Å². The van der Waals surface area contributed by atoms with Gasteiger partial charge < -0.3 is 9.73 Å². The van der Waals surface area contributed by atoms with Gasteiger partial charge in [0.15, 0.2) is 0 Å². The van der Waals surface area contributed by atoms with Crippen LogP contribution in [0.1, 0.15) is 35.9 Å². The number of amides is 1. The Bertz CT molecular complexity index is 817. The summed E-state index contributed by atoms with van der Waals surface area (Å²) in [6.45, 7) is 2.13. The van der Waals surface area contributed by atoms with Crippen LogP contribution < -0.4 is 10.6 Å². The monoisotopic (exact) mass is 368 g/mol. The minimum absolute atomic E-state index is 0.0834. The Labute approximate surface area is 158 Å². The third kappa shape index (κ3) is 4.75. The van der Waals surface area contributed by atoms with Crippen LogP contribution in [0.25, 0.3) is 0 Å². The number of carbonyl (C=O) groups excluding carboxylic acids is 1. The molecule has 2 N–H and O–H groups in total. The number of furan rings is 1. The van der Waals surface area contributed by atoms with Crippen molar-refractivity contribution in [3.05, 3.63) is 94.9 Å². The maximum absolute atomic E-state index is 12.4. The molecule has 0 bridgehead atoms. The van der Waals surface area contributed by atoms with Crippen molar-refractivity contribution in [2.24, 2.45) is 0 Å². The largest absolute Gasteiger partial charge is 0.467 e. The van der Waals surface area contributed by atoms with Crippen LogP contribution in [0, 0.1) is 0 Å². The minimum atomic E-state index is -0.178. The highest BCUT2D eigenvalue weighted by atomic mass is 35.5. The highest BCUT2D eigenvalue weighted by molar-refractivity contribution is 6.30. The van der Waals surface area contributed by atoms with Gasteiger partial charge in [-0.15, -0.1) is 0 Å². The average molecular weight is 369 g/mol. The maximum Gasteiger partial charge on any atom is 0.234 e.